The highest BCUT2D eigenvalue weighted by molar-refractivity contribution is 5.76. The van der Waals surface area contributed by atoms with Gasteiger partial charge < -0.3 is 10.4 Å². The molecule has 1 heterocycles. The fourth-order valence-corrected chi connectivity index (χ4v) is 3.32. The fraction of sp³-hybridized carbons (Fsp3) is 0.238. The second-order valence-corrected chi connectivity index (χ2v) is 6.40. The lowest BCUT2D eigenvalue weighted by Crippen LogP contribution is -2.15. The van der Waals surface area contributed by atoms with E-state index >= 15 is 0 Å². The number of aryl methyl sites for hydroxylation is 2. The van der Waals surface area contributed by atoms with E-state index in [1.54, 1.807) is 0 Å². The molecule has 0 radical (unpaired) electrons. The van der Waals surface area contributed by atoms with Gasteiger partial charge in [0.25, 0.3) is 0 Å². The molecule has 126 valence electrons. The predicted octanol–water partition coefficient (Wildman–Crippen LogP) is 3.62. The summed E-state index contributed by atoms with van der Waals surface area (Å²) in [6.07, 6.45) is 1.90. The van der Waals surface area contributed by atoms with Crippen LogP contribution in [0.3, 0.4) is 0 Å². The molecule has 1 aliphatic rings. The Hall–Kier alpha value is -2.72. The maximum absolute atomic E-state index is 9.20. The van der Waals surface area contributed by atoms with E-state index in [0.717, 1.165) is 41.3 Å². The van der Waals surface area contributed by atoms with Gasteiger partial charge in [0, 0.05) is 23.2 Å². The molecule has 4 rings (SSSR count). The number of aliphatic hydroxyl groups excluding tert-OH is 1. The molecule has 0 aliphatic heterocycles. The molecule has 4 heteroatoms. The van der Waals surface area contributed by atoms with Crippen molar-refractivity contribution in [2.45, 2.75) is 19.8 Å². The Kier molecular flexibility index (Phi) is 4.20. The zero-order valence-electron chi connectivity index (χ0n) is 14.3. The first-order chi connectivity index (χ1) is 12.3. The number of benzene rings is 2. The first-order valence-electron chi connectivity index (χ1n) is 8.67. The Morgan fingerprint density at radius 3 is 2.60 bits per heavy atom. The summed E-state index contributed by atoms with van der Waals surface area (Å²) < 4.78 is 0. The summed E-state index contributed by atoms with van der Waals surface area (Å²) in [7, 11) is 0. The number of aliphatic hydroxyl groups is 1. The summed E-state index contributed by atoms with van der Waals surface area (Å²) in [5.74, 6) is 1.56. The molecule has 0 amide bonds. The molecule has 0 bridgehead atoms. The van der Waals surface area contributed by atoms with E-state index in [1.165, 1.54) is 16.7 Å². The zero-order chi connectivity index (χ0) is 17.2. The van der Waals surface area contributed by atoms with Gasteiger partial charge in [-0.25, -0.2) is 9.97 Å². The molecule has 1 aromatic heterocycles. The Balaban J connectivity index is 1.89. The highest BCUT2D eigenvalue weighted by Crippen LogP contribution is 2.36. The van der Waals surface area contributed by atoms with Gasteiger partial charge in [-0.1, -0.05) is 54.1 Å². The topological polar surface area (TPSA) is 58.0 Å². The fourth-order valence-electron chi connectivity index (χ4n) is 3.32. The van der Waals surface area contributed by atoms with Gasteiger partial charge >= 0.3 is 0 Å². The van der Waals surface area contributed by atoms with E-state index in [9.17, 15) is 5.11 Å². The number of aromatic nitrogens is 2. The Bertz CT molecular complexity index is 904. The standard InChI is InChI=1S/C21H21N3O/c1-14-6-8-16(9-7-14)20-23-19-17-5-3-2-4-15(17)10-11-18(19)21(24-20)22-12-13-25/h2-9,25H,10-13H2,1H3,(H,22,23,24). The van der Waals surface area contributed by atoms with Crippen LogP contribution in [0.25, 0.3) is 22.6 Å². The molecule has 25 heavy (non-hydrogen) atoms. The van der Waals surface area contributed by atoms with Gasteiger partial charge in [-0.05, 0) is 25.3 Å². The summed E-state index contributed by atoms with van der Waals surface area (Å²) in [4.78, 5) is 9.67. The van der Waals surface area contributed by atoms with Crippen molar-refractivity contribution in [1.29, 1.82) is 0 Å². The number of rotatable bonds is 4. The monoisotopic (exact) mass is 331 g/mol. The molecule has 0 atom stereocenters. The molecule has 0 unspecified atom stereocenters. The second-order valence-electron chi connectivity index (χ2n) is 6.40. The third-order valence-electron chi connectivity index (χ3n) is 4.64. The third-order valence-corrected chi connectivity index (χ3v) is 4.64. The molecule has 1 aliphatic carbocycles. The van der Waals surface area contributed by atoms with E-state index < -0.39 is 0 Å². The van der Waals surface area contributed by atoms with E-state index in [4.69, 9.17) is 9.97 Å². The Labute approximate surface area is 147 Å². The minimum Gasteiger partial charge on any atom is -0.395 e. The van der Waals surface area contributed by atoms with Crippen molar-refractivity contribution in [2.75, 3.05) is 18.5 Å². The van der Waals surface area contributed by atoms with Crippen molar-refractivity contribution >= 4 is 5.82 Å². The molecule has 0 saturated carbocycles. The van der Waals surface area contributed by atoms with Crippen LogP contribution in [0.2, 0.25) is 0 Å². The molecule has 0 spiro atoms. The predicted molar refractivity (Wildman–Crippen MR) is 101 cm³/mol. The van der Waals surface area contributed by atoms with Crippen LogP contribution in [0.4, 0.5) is 5.82 Å². The summed E-state index contributed by atoms with van der Waals surface area (Å²) in [6, 6.07) is 16.7. The number of hydrogen-bond acceptors (Lipinski definition) is 4. The van der Waals surface area contributed by atoms with Crippen LogP contribution in [0.1, 0.15) is 16.7 Å². The van der Waals surface area contributed by atoms with Crippen molar-refractivity contribution in [3.8, 4) is 22.6 Å². The number of hydrogen-bond donors (Lipinski definition) is 2. The van der Waals surface area contributed by atoms with Gasteiger partial charge in [-0.3, -0.25) is 0 Å². The van der Waals surface area contributed by atoms with Gasteiger partial charge in [0.2, 0.25) is 0 Å². The first-order valence-corrected chi connectivity index (χ1v) is 8.67. The van der Waals surface area contributed by atoms with Gasteiger partial charge in [-0.15, -0.1) is 0 Å². The van der Waals surface area contributed by atoms with Crippen LogP contribution in [0.15, 0.2) is 48.5 Å². The summed E-state index contributed by atoms with van der Waals surface area (Å²) in [6.45, 7) is 2.63. The average molecular weight is 331 g/mol. The third kappa shape index (κ3) is 3.01. The lowest BCUT2D eigenvalue weighted by Gasteiger charge is -2.22. The van der Waals surface area contributed by atoms with Crippen molar-refractivity contribution < 1.29 is 5.11 Å². The molecule has 0 fully saturated rings. The van der Waals surface area contributed by atoms with Crippen LogP contribution in [0.5, 0.6) is 0 Å². The Morgan fingerprint density at radius 1 is 1.00 bits per heavy atom. The van der Waals surface area contributed by atoms with Crippen molar-refractivity contribution in [1.82, 2.24) is 9.97 Å². The normalized spacial score (nSPS) is 12.4. The molecule has 2 aromatic carbocycles. The molecule has 4 nitrogen and oxygen atoms in total. The van der Waals surface area contributed by atoms with Gasteiger partial charge in [-0.2, -0.15) is 0 Å². The minimum absolute atomic E-state index is 0.0786. The number of nitrogens with zero attached hydrogens (tertiary/aromatic N) is 2. The average Bonchev–Trinajstić information content (AvgIpc) is 2.66. The maximum Gasteiger partial charge on any atom is 0.162 e. The smallest absolute Gasteiger partial charge is 0.162 e. The largest absolute Gasteiger partial charge is 0.395 e. The molecule has 0 saturated heterocycles. The maximum atomic E-state index is 9.20. The number of anilines is 1. The minimum atomic E-state index is 0.0786. The molecular weight excluding hydrogens is 310 g/mol. The number of nitrogens with one attached hydrogen (secondary N) is 1. The molecule has 3 aromatic rings. The van der Waals surface area contributed by atoms with Gasteiger partial charge in [0.15, 0.2) is 5.82 Å². The SMILES string of the molecule is Cc1ccc(-c2nc(NCCO)c3c(n2)-c2ccccc2CC3)cc1. The zero-order valence-corrected chi connectivity index (χ0v) is 14.3. The van der Waals surface area contributed by atoms with Crippen LogP contribution >= 0.6 is 0 Å². The highest BCUT2D eigenvalue weighted by Gasteiger charge is 2.22. The van der Waals surface area contributed by atoms with E-state index in [2.05, 4.69) is 60.8 Å². The van der Waals surface area contributed by atoms with Crippen molar-refractivity contribution in [3.63, 3.8) is 0 Å². The van der Waals surface area contributed by atoms with E-state index in [1.807, 2.05) is 0 Å². The summed E-state index contributed by atoms with van der Waals surface area (Å²) >= 11 is 0. The first kappa shape index (κ1) is 15.8. The van der Waals surface area contributed by atoms with Crippen LogP contribution < -0.4 is 5.32 Å². The molecular formula is C21H21N3O. The lowest BCUT2D eigenvalue weighted by molar-refractivity contribution is 0.311. The van der Waals surface area contributed by atoms with Crippen LogP contribution in [0, 0.1) is 6.92 Å². The van der Waals surface area contributed by atoms with Gasteiger partial charge in [0.1, 0.15) is 5.82 Å². The second kappa shape index (κ2) is 6.65. The Morgan fingerprint density at radius 2 is 1.80 bits per heavy atom. The lowest BCUT2D eigenvalue weighted by atomic mass is 9.89. The summed E-state index contributed by atoms with van der Waals surface area (Å²) in [5, 5.41) is 12.5. The van der Waals surface area contributed by atoms with Crippen LogP contribution in [-0.4, -0.2) is 28.2 Å². The van der Waals surface area contributed by atoms with Gasteiger partial charge in [0.05, 0.1) is 12.3 Å². The van der Waals surface area contributed by atoms with Crippen molar-refractivity contribution in [2.24, 2.45) is 0 Å². The van der Waals surface area contributed by atoms with E-state index in [0.29, 0.717) is 6.54 Å². The van der Waals surface area contributed by atoms with Crippen LogP contribution in [-0.2, 0) is 12.8 Å². The van der Waals surface area contributed by atoms with Crippen molar-refractivity contribution in [3.05, 3.63) is 65.2 Å². The quantitative estimate of drug-likeness (QED) is 0.766. The van der Waals surface area contributed by atoms with E-state index in [-0.39, 0.29) is 6.61 Å². The number of fused-ring (bicyclic) bond motifs is 3. The summed E-state index contributed by atoms with van der Waals surface area (Å²) in [5.41, 5.74) is 6.88. The molecule has 2 N–H and O–H groups in total. The highest BCUT2D eigenvalue weighted by atomic mass is 16.3.